The Labute approximate surface area is 300 Å². The summed E-state index contributed by atoms with van der Waals surface area (Å²) in [4.78, 5) is 31.3. The zero-order chi connectivity index (χ0) is 35.8. The molecule has 3 aliphatic rings. The molecule has 9 nitrogen and oxygen atoms in total. The summed E-state index contributed by atoms with van der Waals surface area (Å²) in [6.07, 6.45) is 6.51. The lowest BCUT2D eigenvalue weighted by Gasteiger charge is -2.31. The van der Waals surface area contributed by atoms with Crippen LogP contribution in [0.5, 0.6) is 0 Å². The van der Waals surface area contributed by atoms with Gasteiger partial charge >= 0.3 is 0 Å². The van der Waals surface area contributed by atoms with Gasteiger partial charge in [-0.2, -0.15) is 0 Å². The van der Waals surface area contributed by atoms with Gasteiger partial charge in [0.1, 0.15) is 0 Å². The van der Waals surface area contributed by atoms with Gasteiger partial charge in [0.15, 0.2) is 5.60 Å². The number of aliphatic hydroxyl groups excluding tert-OH is 1. The van der Waals surface area contributed by atoms with Crippen LogP contribution in [0.4, 0.5) is 15.5 Å². The van der Waals surface area contributed by atoms with Crippen molar-refractivity contribution < 1.29 is 23.5 Å². The molecule has 3 aromatic carbocycles. The highest BCUT2D eigenvalue weighted by atomic mass is 28.4. The molecule has 0 aliphatic carbocycles. The van der Waals surface area contributed by atoms with Crippen molar-refractivity contribution in [3.8, 4) is 0 Å². The molecule has 1 N–H and O–H groups in total. The molecule has 5 atom stereocenters. The Morgan fingerprint density at radius 3 is 2.45 bits per heavy atom. The van der Waals surface area contributed by atoms with Crippen LogP contribution in [0.2, 0.25) is 18.6 Å². The van der Waals surface area contributed by atoms with E-state index in [0.717, 1.165) is 60.3 Å². The molecule has 1 unspecified atom stereocenters. The van der Waals surface area contributed by atoms with Crippen molar-refractivity contribution >= 4 is 31.6 Å². The zero-order valence-corrected chi connectivity index (χ0v) is 30.7. The second-order valence-corrected chi connectivity index (χ2v) is 18.7. The normalized spacial score (nSPS) is 24.5. The standard InChI is InChI=1S/C40H48FN5O4Si/c1-28-38(51(2,3)41)36(22-24-44-26-34(42-43-44)32(27-47)30-13-7-6-8-14-30)50-40(28)33-15-10-11-16-35(33)46(39(40)49)25-29-18-20-31(21-19-29)45-23-12-5-4-9-17-37(45)48/h6-8,10-11,13-16,18-21,26,28,32,36,38,47H,4-5,9,12,17,22-25,27H2,1-3H3/t28-,32?,36+,38-,40+/m0/s1. The molecule has 0 bridgehead atoms. The Morgan fingerprint density at radius 2 is 1.71 bits per heavy atom. The molecule has 51 heavy (non-hydrogen) atoms. The number of hydrogen-bond donors (Lipinski definition) is 1. The van der Waals surface area contributed by atoms with Crippen molar-refractivity contribution in [2.24, 2.45) is 5.92 Å². The molecule has 2 fully saturated rings. The van der Waals surface area contributed by atoms with E-state index in [-0.39, 0.29) is 24.3 Å². The second kappa shape index (κ2) is 14.4. The Kier molecular flexibility index (Phi) is 9.97. The first-order valence-corrected chi connectivity index (χ1v) is 21.3. The summed E-state index contributed by atoms with van der Waals surface area (Å²) in [6.45, 7) is 6.79. The predicted molar refractivity (Wildman–Crippen MR) is 198 cm³/mol. The molecule has 268 valence electrons. The van der Waals surface area contributed by atoms with Gasteiger partial charge in [-0.15, -0.1) is 5.10 Å². The monoisotopic (exact) mass is 709 g/mol. The van der Waals surface area contributed by atoms with Crippen LogP contribution < -0.4 is 9.80 Å². The Morgan fingerprint density at radius 1 is 0.980 bits per heavy atom. The number of hydrogen-bond acceptors (Lipinski definition) is 6. The lowest BCUT2D eigenvalue weighted by Crippen LogP contribution is -2.45. The molecule has 11 heteroatoms. The predicted octanol–water partition coefficient (Wildman–Crippen LogP) is 7.11. The third-order valence-corrected chi connectivity index (χ3v) is 13.7. The molecule has 1 spiro atoms. The van der Waals surface area contributed by atoms with Crippen molar-refractivity contribution in [1.82, 2.24) is 15.0 Å². The molecule has 3 aliphatic heterocycles. The average Bonchev–Trinajstić information content (AvgIpc) is 3.77. The van der Waals surface area contributed by atoms with E-state index in [0.29, 0.717) is 31.6 Å². The van der Waals surface area contributed by atoms with Gasteiger partial charge < -0.3 is 23.8 Å². The Bertz CT molecular complexity index is 1850. The number of benzene rings is 3. The van der Waals surface area contributed by atoms with E-state index in [9.17, 15) is 14.7 Å². The largest absolute Gasteiger partial charge is 0.395 e. The highest BCUT2D eigenvalue weighted by molar-refractivity contribution is 6.72. The third kappa shape index (κ3) is 6.67. The van der Waals surface area contributed by atoms with Crippen LogP contribution in [0.3, 0.4) is 0 Å². The number of rotatable bonds is 10. The van der Waals surface area contributed by atoms with Crippen molar-refractivity contribution in [2.75, 3.05) is 23.0 Å². The molecule has 2 saturated heterocycles. The minimum Gasteiger partial charge on any atom is -0.395 e. The lowest BCUT2D eigenvalue weighted by molar-refractivity contribution is -0.146. The number of ether oxygens (including phenoxy) is 1. The Hall–Kier alpha value is -4.19. The number of carbonyl (C=O) groups is 2. The van der Waals surface area contributed by atoms with Crippen molar-refractivity contribution in [1.29, 1.82) is 0 Å². The van der Waals surface area contributed by atoms with Gasteiger partial charge in [-0.05, 0) is 61.7 Å². The van der Waals surface area contributed by atoms with Gasteiger partial charge in [0.2, 0.25) is 14.3 Å². The van der Waals surface area contributed by atoms with Gasteiger partial charge in [0.25, 0.3) is 5.91 Å². The molecular formula is C40H48FN5O4Si. The van der Waals surface area contributed by atoms with E-state index >= 15 is 4.11 Å². The quantitative estimate of drug-likeness (QED) is 0.139. The lowest BCUT2D eigenvalue weighted by atomic mass is 9.82. The van der Waals surface area contributed by atoms with E-state index in [1.165, 1.54) is 0 Å². The highest BCUT2D eigenvalue weighted by Crippen LogP contribution is 2.60. The summed E-state index contributed by atoms with van der Waals surface area (Å²) in [7, 11) is -3.33. The summed E-state index contributed by atoms with van der Waals surface area (Å²) in [5.74, 6) is -0.695. The van der Waals surface area contributed by atoms with Crippen LogP contribution >= 0.6 is 0 Å². The van der Waals surface area contributed by atoms with Crippen molar-refractivity contribution in [3.63, 3.8) is 0 Å². The Balaban J connectivity index is 1.12. The minimum absolute atomic E-state index is 0.0987. The van der Waals surface area contributed by atoms with E-state index in [2.05, 4.69) is 10.3 Å². The van der Waals surface area contributed by atoms with E-state index in [1.54, 1.807) is 22.7 Å². The number of anilines is 2. The highest BCUT2D eigenvalue weighted by Gasteiger charge is 2.66. The van der Waals surface area contributed by atoms with Crippen LogP contribution in [0.25, 0.3) is 0 Å². The van der Waals surface area contributed by atoms with Crippen molar-refractivity contribution in [2.45, 2.75) is 94.8 Å². The molecule has 7 rings (SSSR count). The number of halogens is 1. The third-order valence-electron chi connectivity index (χ3n) is 11.2. The topological polar surface area (TPSA) is 101 Å². The zero-order valence-electron chi connectivity index (χ0n) is 29.7. The van der Waals surface area contributed by atoms with Crippen LogP contribution in [0.1, 0.15) is 73.8 Å². The first-order chi connectivity index (χ1) is 24.6. The number of nitrogens with zero attached hydrogens (tertiary/aromatic N) is 5. The molecule has 0 radical (unpaired) electrons. The van der Waals surface area contributed by atoms with Crippen LogP contribution in [0, 0.1) is 5.92 Å². The number of fused-ring (bicyclic) bond motifs is 2. The molecular weight excluding hydrogens is 662 g/mol. The van der Waals surface area contributed by atoms with Crippen LogP contribution in [-0.4, -0.2) is 59.6 Å². The van der Waals surface area contributed by atoms with Crippen LogP contribution in [0.15, 0.2) is 85.1 Å². The fourth-order valence-electron chi connectivity index (χ4n) is 8.72. The number of aliphatic hydroxyl groups is 1. The molecule has 1 aromatic heterocycles. The minimum atomic E-state index is -3.33. The summed E-state index contributed by atoms with van der Waals surface area (Å²) in [5.41, 5.74) is 3.28. The summed E-state index contributed by atoms with van der Waals surface area (Å²) in [5, 5.41) is 18.9. The molecule has 4 heterocycles. The van der Waals surface area contributed by atoms with Crippen LogP contribution in [-0.2, 0) is 33.0 Å². The van der Waals surface area contributed by atoms with E-state index in [4.69, 9.17) is 4.74 Å². The van der Waals surface area contributed by atoms with E-state index < -0.39 is 31.6 Å². The average molecular weight is 710 g/mol. The number of para-hydroxylation sites is 1. The maximum atomic E-state index is 16.4. The fourth-order valence-corrected chi connectivity index (χ4v) is 11.3. The number of aromatic nitrogens is 3. The number of amides is 2. The maximum absolute atomic E-state index is 16.4. The summed E-state index contributed by atoms with van der Waals surface area (Å²) < 4.78 is 25.0. The fraction of sp³-hybridized carbons (Fsp3) is 0.450. The SMILES string of the molecule is C[C@H]1[C@H]([Si](C)(C)F)[C@@H](CCn2cc(C(CO)c3ccccc3)nn2)O[C@]12C(=O)N(Cc1ccc(N3CCCCCCC3=O)cc1)c1ccccc12. The summed E-state index contributed by atoms with van der Waals surface area (Å²) in [6, 6.07) is 25.4. The molecule has 4 aromatic rings. The maximum Gasteiger partial charge on any atom is 0.264 e. The van der Waals surface area contributed by atoms with Gasteiger partial charge in [0, 0.05) is 48.4 Å². The molecule has 2 amide bonds. The first kappa shape index (κ1) is 35.2. The second-order valence-electron chi connectivity index (χ2n) is 14.9. The molecule has 0 saturated carbocycles. The number of aryl methyl sites for hydroxylation is 1. The smallest absolute Gasteiger partial charge is 0.264 e. The number of carbonyl (C=O) groups excluding carboxylic acids is 2. The van der Waals surface area contributed by atoms with Gasteiger partial charge in [0.05, 0.1) is 36.6 Å². The van der Waals surface area contributed by atoms with Gasteiger partial charge in [-0.3, -0.25) is 14.3 Å². The van der Waals surface area contributed by atoms with Gasteiger partial charge in [-0.25, -0.2) is 0 Å². The van der Waals surface area contributed by atoms with Gasteiger partial charge in [-0.1, -0.05) is 85.6 Å². The van der Waals surface area contributed by atoms with Crippen molar-refractivity contribution in [3.05, 3.63) is 107 Å². The van der Waals surface area contributed by atoms with E-state index in [1.807, 2.05) is 96.9 Å². The first-order valence-electron chi connectivity index (χ1n) is 18.3. The summed E-state index contributed by atoms with van der Waals surface area (Å²) >= 11 is 0.